The Morgan fingerprint density at radius 1 is 1.18 bits per heavy atom. The highest BCUT2D eigenvalue weighted by Gasteiger charge is 2.24. The first kappa shape index (κ1) is 15.9. The summed E-state index contributed by atoms with van der Waals surface area (Å²) in [6.07, 6.45) is 1.02. The lowest BCUT2D eigenvalue weighted by Gasteiger charge is -2.17. The number of esters is 2. The van der Waals surface area contributed by atoms with Crippen molar-refractivity contribution >= 4 is 11.9 Å². The maximum absolute atomic E-state index is 11.6. The van der Waals surface area contributed by atoms with Crippen LogP contribution in [0.25, 0.3) is 0 Å². The molecule has 2 atom stereocenters. The lowest BCUT2D eigenvalue weighted by Crippen LogP contribution is -2.24. The molecule has 0 aromatic rings. The second kappa shape index (κ2) is 8.98. The third-order valence-corrected chi connectivity index (χ3v) is 2.49. The molecular formula is C12H22O5. The van der Waals surface area contributed by atoms with E-state index in [-0.39, 0.29) is 37.0 Å². The molecule has 0 saturated heterocycles. The average Bonchev–Trinajstić information content (AvgIpc) is 2.32. The molecule has 0 radical (unpaired) electrons. The van der Waals surface area contributed by atoms with Crippen LogP contribution in [-0.4, -0.2) is 36.9 Å². The molecule has 0 saturated carbocycles. The molecule has 0 aliphatic heterocycles. The molecule has 0 fully saturated rings. The standard InChI is InChI=1S/C12H22O5/c1-4-10(12(15)17-7-6-13)8-9(3)11(14)16-5-2/h9-10,13H,4-8H2,1-3H3. The van der Waals surface area contributed by atoms with Crippen LogP contribution in [-0.2, 0) is 19.1 Å². The minimum atomic E-state index is -0.363. The van der Waals surface area contributed by atoms with Gasteiger partial charge in [-0.2, -0.15) is 0 Å². The second-order valence-corrected chi connectivity index (χ2v) is 3.89. The third-order valence-electron chi connectivity index (χ3n) is 2.49. The van der Waals surface area contributed by atoms with Crippen LogP contribution in [0.3, 0.4) is 0 Å². The number of rotatable bonds is 8. The van der Waals surface area contributed by atoms with Crippen LogP contribution in [0.5, 0.6) is 0 Å². The van der Waals surface area contributed by atoms with Crippen molar-refractivity contribution in [1.82, 2.24) is 0 Å². The van der Waals surface area contributed by atoms with Gasteiger partial charge in [0.1, 0.15) is 6.61 Å². The Bertz CT molecular complexity index is 239. The summed E-state index contributed by atoms with van der Waals surface area (Å²) in [6.45, 7) is 5.51. The van der Waals surface area contributed by atoms with Gasteiger partial charge in [0, 0.05) is 0 Å². The fourth-order valence-electron chi connectivity index (χ4n) is 1.50. The van der Waals surface area contributed by atoms with Crippen molar-refractivity contribution in [2.75, 3.05) is 19.8 Å². The lowest BCUT2D eigenvalue weighted by molar-refractivity contribution is -0.152. The maximum Gasteiger partial charge on any atom is 0.309 e. The van der Waals surface area contributed by atoms with Crippen molar-refractivity contribution in [3.63, 3.8) is 0 Å². The van der Waals surface area contributed by atoms with E-state index >= 15 is 0 Å². The van der Waals surface area contributed by atoms with Crippen LogP contribution in [0.4, 0.5) is 0 Å². The molecule has 5 heteroatoms. The molecule has 0 aliphatic rings. The number of carbonyl (C=O) groups is 2. The highest BCUT2D eigenvalue weighted by atomic mass is 16.5. The molecule has 5 nitrogen and oxygen atoms in total. The Labute approximate surface area is 102 Å². The molecule has 0 aromatic heterocycles. The van der Waals surface area contributed by atoms with Gasteiger partial charge in [-0.05, 0) is 19.8 Å². The average molecular weight is 246 g/mol. The van der Waals surface area contributed by atoms with Gasteiger partial charge >= 0.3 is 11.9 Å². The van der Waals surface area contributed by atoms with Crippen LogP contribution in [0, 0.1) is 11.8 Å². The van der Waals surface area contributed by atoms with E-state index in [1.54, 1.807) is 13.8 Å². The van der Waals surface area contributed by atoms with Crippen molar-refractivity contribution in [2.24, 2.45) is 11.8 Å². The fraction of sp³-hybridized carbons (Fsp3) is 0.833. The van der Waals surface area contributed by atoms with Gasteiger partial charge in [0.25, 0.3) is 0 Å². The zero-order valence-corrected chi connectivity index (χ0v) is 10.8. The first-order chi connectivity index (χ1) is 8.06. The van der Waals surface area contributed by atoms with E-state index in [2.05, 4.69) is 0 Å². The number of aliphatic hydroxyl groups is 1. The Balaban J connectivity index is 4.19. The summed E-state index contributed by atoms with van der Waals surface area (Å²) in [6, 6.07) is 0. The molecule has 0 amide bonds. The van der Waals surface area contributed by atoms with Crippen LogP contribution in [0.2, 0.25) is 0 Å². The summed E-state index contributed by atoms with van der Waals surface area (Å²) in [5.74, 6) is -1.29. The Kier molecular flexibility index (Phi) is 8.40. The molecule has 1 N–H and O–H groups in total. The Hall–Kier alpha value is -1.10. The Morgan fingerprint density at radius 2 is 1.82 bits per heavy atom. The summed E-state index contributed by atoms with van der Waals surface area (Å²) >= 11 is 0. The second-order valence-electron chi connectivity index (χ2n) is 3.89. The molecular weight excluding hydrogens is 224 g/mol. The van der Waals surface area contributed by atoms with Gasteiger partial charge < -0.3 is 14.6 Å². The zero-order chi connectivity index (χ0) is 13.3. The topological polar surface area (TPSA) is 72.8 Å². The van der Waals surface area contributed by atoms with E-state index in [1.165, 1.54) is 0 Å². The van der Waals surface area contributed by atoms with Gasteiger partial charge in [0.15, 0.2) is 0 Å². The summed E-state index contributed by atoms with van der Waals surface area (Å²) < 4.78 is 9.72. The van der Waals surface area contributed by atoms with Crippen molar-refractivity contribution < 1.29 is 24.2 Å². The molecule has 0 rings (SSSR count). The minimum absolute atomic E-state index is 0.00310. The molecule has 0 spiro atoms. The predicted octanol–water partition coefficient (Wildman–Crippen LogP) is 1.14. The maximum atomic E-state index is 11.6. The fourth-order valence-corrected chi connectivity index (χ4v) is 1.50. The van der Waals surface area contributed by atoms with Crippen molar-refractivity contribution in [1.29, 1.82) is 0 Å². The number of hydrogen-bond acceptors (Lipinski definition) is 5. The predicted molar refractivity (Wildman–Crippen MR) is 62.2 cm³/mol. The van der Waals surface area contributed by atoms with E-state index in [0.29, 0.717) is 19.4 Å². The third kappa shape index (κ3) is 6.26. The summed E-state index contributed by atoms with van der Waals surface area (Å²) in [7, 11) is 0. The van der Waals surface area contributed by atoms with Gasteiger partial charge in [-0.15, -0.1) is 0 Å². The first-order valence-corrected chi connectivity index (χ1v) is 6.00. The smallest absolute Gasteiger partial charge is 0.309 e. The van der Waals surface area contributed by atoms with Crippen LogP contribution < -0.4 is 0 Å². The van der Waals surface area contributed by atoms with Crippen molar-refractivity contribution in [3.05, 3.63) is 0 Å². The minimum Gasteiger partial charge on any atom is -0.466 e. The van der Waals surface area contributed by atoms with Crippen molar-refractivity contribution in [2.45, 2.75) is 33.6 Å². The molecule has 17 heavy (non-hydrogen) atoms. The van der Waals surface area contributed by atoms with Crippen LogP contribution in [0.1, 0.15) is 33.6 Å². The first-order valence-electron chi connectivity index (χ1n) is 6.00. The van der Waals surface area contributed by atoms with Gasteiger partial charge in [-0.1, -0.05) is 13.8 Å². The molecule has 0 heterocycles. The van der Waals surface area contributed by atoms with Crippen LogP contribution >= 0.6 is 0 Å². The van der Waals surface area contributed by atoms with E-state index in [1.807, 2.05) is 6.92 Å². The van der Waals surface area contributed by atoms with Gasteiger partial charge in [0.05, 0.1) is 25.0 Å². The Morgan fingerprint density at radius 3 is 2.29 bits per heavy atom. The highest BCUT2D eigenvalue weighted by molar-refractivity contribution is 5.75. The summed E-state index contributed by atoms with van der Waals surface area (Å²) in [5.41, 5.74) is 0. The molecule has 0 aromatic carbocycles. The van der Waals surface area contributed by atoms with E-state index < -0.39 is 0 Å². The monoisotopic (exact) mass is 246 g/mol. The number of hydrogen-bond donors (Lipinski definition) is 1. The molecule has 0 aliphatic carbocycles. The summed E-state index contributed by atoms with van der Waals surface area (Å²) in [5, 5.41) is 8.56. The summed E-state index contributed by atoms with van der Waals surface area (Å²) in [4.78, 5) is 23.0. The quantitative estimate of drug-likeness (QED) is 0.650. The van der Waals surface area contributed by atoms with Crippen molar-refractivity contribution in [3.8, 4) is 0 Å². The van der Waals surface area contributed by atoms with E-state index in [9.17, 15) is 9.59 Å². The molecule has 0 bridgehead atoms. The van der Waals surface area contributed by atoms with Gasteiger partial charge in [-0.3, -0.25) is 9.59 Å². The van der Waals surface area contributed by atoms with E-state index in [0.717, 1.165) is 0 Å². The number of carbonyl (C=O) groups excluding carboxylic acids is 2. The SMILES string of the molecule is CCOC(=O)C(C)CC(CC)C(=O)OCCO. The molecule has 100 valence electrons. The van der Waals surface area contributed by atoms with E-state index in [4.69, 9.17) is 14.6 Å². The lowest BCUT2D eigenvalue weighted by atomic mass is 9.94. The van der Waals surface area contributed by atoms with Gasteiger partial charge in [-0.25, -0.2) is 0 Å². The number of ether oxygens (including phenoxy) is 2. The molecule has 2 unspecified atom stereocenters. The normalized spacial score (nSPS) is 13.9. The highest BCUT2D eigenvalue weighted by Crippen LogP contribution is 2.18. The van der Waals surface area contributed by atoms with Crippen LogP contribution in [0.15, 0.2) is 0 Å². The zero-order valence-electron chi connectivity index (χ0n) is 10.8. The largest absolute Gasteiger partial charge is 0.466 e. The number of aliphatic hydroxyl groups excluding tert-OH is 1. The van der Waals surface area contributed by atoms with Gasteiger partial charge in [0.2, 0.25) is 0 Å².